The van der Waals surface area contributed by atoms with E-state index in [-0.39, 0.29) is 39.4 Å². The number of nitrogens with one attached hydrogen (secondary N) is 1. The minimum Gasteiger partial charge on any atom is -0.399 e. The molecule has 4 nitrogen and oxygen atoms in total. The van der Waals surface area contributed by atoms with Gasteiger partial charge in [-0.3, -0.25) is 4.79 Å². The summed E-state index contributed by atoms with van der Waals surface area (Å²) < 4.78 is 0. The Morgan fingerprint density at radius 1 is 1.53 bits per heavy atom. The Morgan fingerprint density at radius 3 is 2.68 bits per heavy atom. The highest BCUT2D eigenvalue weighted by atomic mass is 35.5. The van der Waals surface area contributed by atoms with Crippen molar-refractivity contribution in [1.82, 2.24) is 5.32 Å². The number of nitrogen functional groups attached to an aromatic ring is 1. The topological polar surface area (TPSA) is 75.3 Å². The van der Waals surface area contributed by atoms with Gasteiger partial charge in [0.1, 0.15) is 0 Å². The van der Waals surface area contributed by atoms with Crippen LogP contribution in [0.1, 0.15) is 17.3 Å². The maximum Gasteiger partial charge on any atom is 0.253 e. The highest BCUT2D eigenvalue weighted by Gasteiger charge is 2.20. The van der Waals surface area contributed by atoms with Gasteiger partial charge >= 0.3 is 0 Å². The molecule has 19 heavy (non-hydrogen) atoms. The Balaban J connectivity index is 2.90. The summed E-state index contributed by atoms with van der Waals surface area (Å²) in [4.78, 5) is 12.1. The number of aliphatic hydroxyl groups excluding tert-OH is 1. The molecule has 0 aliphatic carbocycles. The molecule has 1 rings (SSSR count). The van der Waals surface area contributed by atoms with E-state index in [1.165, 1.54) is 23.9 Å². The molecule has 2 unspecified atom stereocenters. The summed E-state index contributed by atoms with van der Waals surface area (Å²) in [7, 11) is 0. The summed E-state index contributed by atoms with van der Waals surface area (Å²) in [6.07, 6.45) is 1.87. The molecule has 0 radical (unpaired) electrons. The molecule has 2 atom stereocenters. The summed E-state index contributed by atoms with van der Waals surface area (Å²) in [5.41, 5.74) is 6.25. The van der Waals surface area contributed by atoms with Crippen molar-refractivity contribution in [2.45, 2.75) is 18.2 Å². The number of amides is 1. The Morgan fingerprint density at radius 2 is 2.16 bits per heavy atom. The number of hydrogen-bond donors (Lipinski definition) is 3. The van der Waals surface area contributed by atoms with Crippen molar-refractivity contribution in [2.75, 3.05) is 18.6 Å². The van der Waals surface area contributed by atoms with Crippen molar-refractivity contribution in [3.05, 3.63) is 27.7 Å². The third-order valence-electron chi connectivity index (χ3n) is 2.69. The number of hydrogen-bond acceptors (Lipinski definition) is 4. The molecular formula is C12H16Cl2N2O2S. The first-order valence-corrected chi connectivity index (χ1v) is 7.64. The van der Waals surface area contributed by atoms with Gasteiger partial charge in [0.05, 0.1) is 22.2 Å². The number of nitrogens with two attached hydrogens (primary N) is 1. The fourth-order valence-corrected chi connectivity index (χ4v) is 2.64. The van der Waals surface area contributed by atoms with E-state index < -0.39 is 0 Å². The van der Waals surface area contributed by atoms with Gasteiger partial charge in [-0.05, 0) is 25.3 Å². The molecule has 0 heterocycles. The third-order valence-corrected chi connectivity index (χ3v) is 4.66. The van der Waals surface area contributed by atoms with E-state index in [1.54, 1.807) is 0 Å². The lowest BCUT2D eigenvalue weighted by atomic mass is 10.1. The van der Waals surface area contributed by atoms with Crippen LogP contribution in [0.2, 0.25) is 10.0 Å². The summed E-state index contributed by atoms with van der Waals surface area (Å²) in [5, 5.41) is 12.3. The van der Waals surface area contributed by atoms with Crippen LogP contribution in [0.3, 0.4) is 0 Å². The minimum atomic E-state index is -0.362. The van der Waals surface area contributed by atoms with Gasteiger partial charge in [0.25, 0.3) is 5.91 Å². The van der Waals surface area contributed by atoms with Crippen LogP contribution < -0.4 is 11.1 Å². The second-order valence-electron chi connectivity index (χ2n) is 4.08. The smallest absolute Gasteiger partial charge is 0.253 e. The number of anilines is 1. The molecule has 0 bridgehead atoms. The number of halogens is 2. The lowest BCUT2D eigenvalue weighted by molar-refractivity contribution is 0.0936. The summed E-state index contributed by atoms with van der Waals surface area (Å²) in [5.74, 6) is -0.362. The molecule has 0 saturated heterocycles. The van der Waals surface area contributed by atoms with E-state index in [2.05, 4.69) is 5.32 Å². The van der Waals surface area contributed by atoms with E-state index in [0.29, 0.717) is 5.69 Å². The second-order valence-corrected chi connectivity index (χ2v) is 5.95. The predicted octanol–water partition coefficient (Wildman–Crippen LogP) is 2.42. The van der Waals surface area contributed by atoms with Gasteiger partial charge in [0.2, 0.25) is 0 Å². The molecule has 1 amide bonds. The molecule has 0 aromatic heterocycles. The maximum atomic E-state index is 12.1. The van der Waals surface area contributed by atoms with Crippen LogP contribution >= 0.6 is 35.0 Å². The van der Waals surface area contributed by atoms with Crippen molar-refractivity contribution in [3.8, 4) is 0 Å². The molecule has 106 valence electrons. The Bertz CT molecular complexity index is 467. The molecular weight excluding hydrogens is 307 g/mol. The van der Waals surface area contributed by atoms with E-state index in [1.807, 2.05) is 13.2 Å². The van der Waals surface area contributed by atoms with E-state index in [9.17, 15) is 9.90 Å². The number of carbonyl (C=O) groups excluding carboxylic acids is 1. The number of benzene rings is 1. The van der Waals surface area contributed by atoms with Crippen molar-refractivity contribution in [3.63, 3.8) is 0 Å². The van der Waals surface area contributed by atoms with Gasteiger partial charge in [0, 0.05) is 17.0 Å². The highest BCUT2D eigenvalue weighted by molar-refractivity contribution is 7.99. The van der Waals surface area contributed by atoms with Crippen LogP contribution in [0.15, 0.2) is 12.1 Å². The molecule has 7 heteroatoms. The maximum absolute atomic E-state index is 12.1. The van der Waals surface area contributed by atoms with Crippen LogP contribution in [0.5, 0.6) is 0 Å². The van der Waals surface area contributed by atoms with Crippen molar-refractivity contribution >= 4 is 46.6 Å². The molecule has 1 aromatic carbocycles. The number of rotatable bonds is 5. The number of aliphatic hydroxyl groups is 1. The normalized spacial score (nSPS) is 13.9. The van der Waals surface area contributed by atoms with Crippen LogP contribution in [-0.4, -0.2) is 35.2 Å². The van der Waals surface area contributed by atoms with Crippen LogP contribution in [0, 0.1) is 0 Å². The Hall–Kier alpha value is -0.620. The van der Waals surface area contributed by atoms with E-state index in [0.717, 1.165) is 0 Å². The van der Waals surface area contributed by atoms with Crippen LogP contribution in [0.4, 0.5) is 5.69 Å². The number of carbonyl (C=O) groups is 1. The van der Waals surface area contributed by atoms with E-state index in [4.69, 9.17) is 28.9 Å². The van der Waals surface area contributed by atoms with Gasteiger partial charge < -0.3 is 16.2 Å². The molecule has 0 aliphatic heterocycles. The van der Waals surface area contributed by atoms with Crippen molar-refractivity contribution in [2.24, 2.45) is 0 Å². The second kappa shape index (κ2) is 7.24. The fraction of sp³-hybridized carbons (Fsp3) is 0.417. The Kier molecular flexibility index (Phi) is 6.26. The largest absolute Gasteiger partial charge is 0.399 e. The predicted molar refractivity (Wildman–Crippen MR) is 82.2 cm³/mol. The molecule has 0 aliphatic rings. The first kappa shape index (κ1) is 16.4. The first-order valence-electron chi connectivity index (χ1n) is 5.59. The first-order chi connectivity index (χ1) is 8.90. The number of thioether (sulfide) groups is 1. The minimum absolute atomic E-state index is 0.0198. The van der Waals surface area contributed by atoms with Crippen LogP contribution in [0.25, 0.3) is 0 Å². The lowest BCUT2D eigenvalue weighted by Gasteiger charge is -2.21. The monoisotopic (exact) mass is 322 g/mol. The molecule has 1 aromatic rings. The molecule has 0 saturated carbocycles. The molecule has 0 spiro atoms. The molecule has 0 fully saturated rings. The fourth-order valence-electron chi connectivity index (χ4n) is 1.59. The average Bonchev–Trinajstić information content (AvgIpc) is 2.35. The van der Waals surface area contributed by atoms with Crippen molar-refractivity contribution in [1.29, 1.82) is 0 Å². The van der Waals surface area contributed by atoms with Gasteiger partial charge in [-0.2, -0.15) is 11.8 Å². The Labute approximate surface area is 126 Å². The summed E-state index contributed by atoms with van der Waals surface area (Å²) in [6.45, 7) is 1.80. The van der Waals surface area contributed by atoms with E-state index >= 15 is 0 Å². The van der Waals surface area contributed by atoms with Crippen molar-refractivity contribution < 1.29 is 9.90 Å². The quantitative estimate of drug-likeness (QED) is 0.728. The summed E-state index contributed by atoms with van der Waals surface area (Å²) in [6, 6.07) is 2.76. The zero-order chi connectivity index (χ0) is 14.6. The average molecular weight is 323 g/mol. The summed E-state index contributed by atoms with van der Waals surface area (Å²) >= 11 is 13.3. The van der Waals surface area contributed by atoms with Gasteiger partial charge in [0.15, 0.2) is 0 Å². The lowest BCUT2D eigenvalue weighted by Crippen LogP contribution is -2.41. The van der Waals surface area contributed by atoms with Gasteiger partial charge in [-0.25, -0.2) is 0 Å². The molecule has 4 N–H and O–H groups in total. The van der Waals surface area contributed by atoms with Gasteiger partial charge in [-0.15, -0.1) is 0 Å². The zero-order valence-corrected chi connectivity index (χ0v) is 12.9. The standard InChI is InChI=1S/C12H16Cl2N2O2S/c1-6(10(5-17)19-2)16-12(18)8-3-7(15)4-9(13)11(8)14/h3-4,6,10,17H,5,15H2,1-2H3,(H,16,18). The van der Waals surface area contributed by atoms with Gasteiger partial charge in [-0.1, -0.05) is 23.2 Å². The zero-order valence-electron chi connectivity index (χ0n) is 10.6. The third kappa shape index (κ3) is 4.18. The highest BCUT2D eigenvalue weighted by Crippen LogP contribution is 2.28. The van der Waals surface area contributed by atoms with Crippen LogP contribution in [-0.2, 0) is 0 Å². The SMILES string of the molecule is CSC(CO)C(C)NC(=O)c1cc(N)cc(Cl)c1Cl.